The molecular formula is C14H22FNO. The number of halogens is 1. The lowest BCUT2D eigenvalue weighted by Crippen LogP contribution is -2.32. The first-order valence-electron chi connectivity index (χ1n) is 6.11. The molecule has 0 radical (unpaired) electrons. The number of hydrogen-bond acceptors (Lipinski definition) is 2. The second kappa shape index (κ2) is 6.72. The highest BCUT2D eigenvalue weighted by Crippen LogP contribution is 2.21. The lowest BCUT2D eigenvalue weighted by atomic mass is 10.00. The molecule has 0 amide bonds. The minimum atomic E-state index is -0.188. The van der Waals surface area contributed by atoms with E-state index in [1.807, 2.05) is 19.9 Å². The maximum atomic E-state index is 13.4. The van der Waals surface area contributed by atoms with E-state index in [0.717, 1.165) is 24.1 Å². The number of aryl methyl sites for hydroxylation is 1. The lowest BCUT2D eigenvalue weighted by Gasteiger charge is -2.25. The first kappa shape index (κ1) is 14.1. The zero-order valence-electron chi connectivity index (χ0n) is 11.1. The fraction of sp³-hybridized carbons (Fsp3) is 0.571. The molecule has 1 aromatic carbocycles. The van der Waals surface area contributed by atoms with Gasteiger partial charge in [-0.3, -0.25) is 0 Å². The van der Waals surface area contributed by atoms with Gasteiger partial charge in [-0.05, 0) is 50.1 Å². The lowest BCUT2D eigenvalue weighted by molar-refractivity contribution is 0.0829. The van der Waals surface area contributed by atoms with E-state index in [2.05, 4.69) is 12.2 Å². The Balaban J connectivity index is 2.94. The molecule has 96 valence electrons. The molecule has 0 saturated heterocycles. The minimum absolute atomic E-state index is 0.0164. The number of nitrogens with one attached hydrogen (secondary N) is 1. The third-order valence-electron chi connectivity index (χ3n) is 2.88. The first-order chi connectivity index (χ1) is 8.08. The zero-order valence-corrected chi connectivity index (χ0v) is 11.1. The molecule has 3 heteroatoms. The van der Waals surface area contributed by atoms with Gasteiger partial charge in [-0.1, -0.05) is 13.0 Å². The molecule has 0 fully saturated rings. The number of ether oxygens (including phenoxy) is 1. The molecule has 1 aromatic rings. The van der Waals surface area contributed by atoms with Gasteiger partial charge in [0, 0.05) is 7.11 Å². The fourth-order valence-corrected chi connectivity index (χ4v) is 1.93. The van der Waals surface area contributed by atoms with Crippen LogP contribution >= 0.6 is 0 Å². The molecule has 1 rings (SSSR count). The largest absolute Gasteiger partial charge is 0.380 e. The van der Waals surface area contributed by atoms with Gasteiger partial charge in [0.05, 0.1) is 12.1 Å². The van der Waals surface area contributed by atoms with Crippen LogP contribution in [-0.4, -0.2) is 19.8 Å². The van der Waals surface area contributed by atoms with Crippen molar-refractivity contribution in [2.45, 2.75) is 39.3 Å². The molecule has 2 nitrogen and oxygen atoms in total. The molecule has 0 aliphatic heterocycles. The molecule has 17 heavy (non-hydrogen) atoms. The van der Waals surface area contributed by atoms with Gasteiger partial charge >= 0.3 is 0 Å². The summed E-state index contributed by atoms with van der Waals surface area (Å²) >= 11 is 0. The van der Waals surface area contributed by atoms with Crippen LogP contribution in [0.2, 0.25) is 0 Å². The molecule has 0 aliphatic rings. The van der Waals surface area contributed by atoms with Crippen molar-refractivity contribution < 1.29 is 9.13 Å². The van der Waals surface area contributed by atoms with Gasteiger partial charge in [-0.15, -0.1) is 0 Å². The van der Waals surface area contributed by atoms with Crippen molar-refractivity contribution in [3.8, 4) is 0 Å². The van der Waals surface area contributed by atoms with E-state index in [4.69, 9.17) is 4.74 Å². The van der Waals surface area contributed by atoms with Crippen molar-refractivity contribution in [2.75, 3.05) is 13.7 Å². The van der Waals surface area contributed by atoms with Crippen LogP contribution in [0.1, 0.15) is 37.4 Å². The summed E-state index contributed by atoms with van der Waals surface area (Å²) in [4.78, 5) is 0. The van der Waals surface area contributed by atoms with E-state index in [0.29, 0.717) is 0 Å². The van der Waals surface area contributed by atoms with E-state index in [1.165, 1.54) is 6.07 Å². The number of hydrogen-bond donors (Lipinski definition) is 1. The summed E-state index contributed by atoms with van der Waals surface area (Å²) in [5.41, 5.74) is 1.89. The quantitative estimate of drug-likeness (QED) is 0.823. The smallest absolute Gasteiger partial charge is 0.123 e. The Kier molecular flexibility index (Phi) is 5.59. The Labute approximate surface area is 103 Å². The monoisotopic (exact) mass is 239 g/mol. The third kappa shape index (κ3) is 4.10. The molecule has 1 N–H and O–H groups in total. The number of rotatable bonds is 6. The van der Waals surface area contributed by atoms with Gasteiger partial charge in [0.15, 0.2) is 0 Å². The Morgan fingerprint density at radius 1 is 1.35 bits per heavy atom. The predicted octanol–water partition coefficient (Wildman–Crippen LogP) is 3.21. The summed E-state index contributed by atoms with van der Waals surface area (Å²) in [5.74, 6) is -0.188. The Bertz CT molecular complexity index is 334. The van der Waals surface area contributed by atoms with Crippen molar-refractivity contribution in [1.82, 2.24) is 5.32 Å². The van der Waals surface area contributed by atoms with Crippen LogP contribution in [0.4, 0.5) is 4.39 Å². The molecular weight excluding hydrogens is 217 g/mol. The first-order valence-corrected chi connectivity index (χ1v) is 6.11. The van der Waals surface area contributed by atoms with Gasteiger partial charge in [-0.2, -0.15) is 0 Å². The van der Waals surface area contributed by atoms with Crippen molar-refractivity contribution in [2.24, 2.45) is 0 Å². The number of benzene rings is 1. The summed E-state index contributed by atoms with van der Waals surface area (Å²) in [5, 5.41) is 3.40. The fourth-order valence-electron chi connectivity index (χ4n) is 1.93. The van der Waals surface area contributed by atoms with Crippen LogP contribution in [0.15, 0.2) is 18.2 Å². The van der Waals surface area contributed by atoms with Gasteiger partial charge < -0.3 is 10.1 Å². The minimum Gasteiger partial charge on any atom is -0.380 e. The molecule has 0 bridgehead atoms. The van der Waals surface area contributed by atoms with Crippen molar-refractivity contribution >= 4 is 0 Å². The highest BCUT2D eigenvalue weighted by atomic mass is 19.1. The van der Waals surface area contributed by atoms with E-state index in [-0.39, 0.29) is 18.0 Å². The van der Waals surface area contributed by atoms with Crippen LogP contribution in [0, 0.1) is 12.7 Å². The SMILES string of the molecule is CCCNC(c1cc(C)cc(F)c1)C(C)OC. The standard InChI is InChI=1S/C14H22FNO/c1-5-6-16-14(11(3)17-4)12-7-10(2)8-13(15)9-12/h7-9,11,14,16H,5-6H2,1-4H3. The maximum absolute atomic E-state index is 13.4. The average molecular weight is 239 g/mol. The molecule has 0 heterocycles. The molecule has 2 atom stereocenters. The molecule has 0 aromatic heterocycles. The van der Waals surface area contributed by atoms with Crippen molar-refractivity contribution in [1.29, 1.82) is 0 Å². The van der Waals surface area contributed by atoms with Gasteiger partial charge in [0.1, 0.15) is 5.82 Å². The van der Waals surface area contributed by atoms with Crippen LogP contribution in [-0.2, 0) is 4.74 Å². The van der Waals surface area contributed by atoms with Crippen molar-refractivity contribution in [3.05, 3.63) is 35.1 Å². The van der Waals surface area contributed by atoms with Crippen LogP contribution in [0.5, 0.6) is 0 Å². The van der Waals surface area contributed by atoms with E-state index >= 15 is 0 Å². The Morgan fingerprint density at radius 2 is 2.06 bits per heavy atom. The number of methoxy groups -OCH3 is 1. The zero-order chi connectivity index (χ0) is 12.8. The van der Waals surface area contributed by atoms with Gasteiger partial charge in [-0.25, -0.2) is 4.39 Å². The normalized spacial score (nSPS) is 14.6. The van der Waals surface area contributed by atoms with Gasteiger partial charge in [0.25, 0.3) is 0 Å². The Morgan fingerprint density at radius 3 is 2.59 bits per heavy atom. The summed E-state index contributed by atoms with van der Waals surface area (Å²) in [6.45, 7) is 6.90. The van der Waals surface area contributed by atoms with E-state index in [9.17, 15) is 4.39 Å². The molecule has 0 saturated carbocycles. The summed E-state index contributed by atoms with van der Waals surface area (Å²) in [6.07, 6.45) is 1.06. The summed E-state index contributed by atoms with van der Waals surface area (Å²) in [7, 11) is 1.68. The predicted molar refractivity (Wildman–Crippen MR) is 68.6 cm³/mol. The topological polar surface area (TPSA) is 21.3 Å². The third-order valence-corrected chi connectivity index (χ3v) is 2.88. The van der Waals surface area contributed by atoms with E-state index < -0.39 is 0 Å². The van der Waals surface area contributed by atoms with E-state index in [1.54, 1.807) is 13.2 Å². The highest BCUT2D eigenvalue weighted by molar-refractivity contribution is 5.27. The second-order valence-electron chi connectivity index (χ2n) is 4.43. The summed E-state index contributed by atoms with van der Waals surface area (Å²) in [6, 6.07) is 5.16. The second-order valence-corrected chi connectivity index (χ2v) is 4.43. The van der Waals surface area contributed by atoms with Crippen LogP contribution < -0.4 is 5.32 Å². The maximum Gasteiger partial charge on any atom is 0.123 e. The van der Waals surface area contributed by atoms with Crippen molar-refractivity contribution in [3.63, 3.8) is 0 Å². The summed E-state index contributed by atoms with van der Waals surface area (Å²) < 4.78 is 18.8. The molecule has 2 unspecified atom stereocenters. The Hall–Kier alpha value is -0.930. The molecule has 0 aliphatic carbocycles. The van der Waals surface area contributed by atoms with Crippen LogP contribution in [0.3, 0.4) is 0 Å². The van der Waals surface area contributed by atoms with Gasteiger partial charge in [0.2, 0.25) is 0 Å². The average Bonchev–Trinajstić information content (AvgIpc) is 2.28. The van der Waals surface area contributed by atoms with Crippen LogP contribution in [0.25, 0.3) is 0 Å². The highest BCUT2D eigenvalue weighted by Gasteiger charge is 2.19. The molecule has 0 spiro atoms.